The molecule has 7 heteroatoms. The van der Waals surface area contributed by atoms with Gasteiger partial charge in [-0.2, -0.15) is 0 Å². The van der Waals surface area contributed by atoms with Gasteiger partial charge in [-0.15, -0.1) is 13.2 Å². The lowest BCUT2D eigenvalue weighted by Crippen LogP contribution is -2.50. The number of unbranched alkanes of at least 4 members (excludes halogenated alkanes) is 1. The van der Waals surface area contributed by atoms with Crippen molar-refractivity contribution in [3.8, 4) is 0 Å². The van der Waals surface area contributed by atoms with Crippen LogP contribution in [0.15, 0.2) is 49.6 Å². The maximum Gasteiger partial charge on any atom is 0.305 e. The maximum absolute atomic E-state index is 13.3. The Balaban J connectivity index is 2.06. The molecule has 0 saturated heterocycles. The number of fused-ring (bicyclic) bond motifs is 1. The molecule has 0 saturated carbocycles. The Morgan fingerprint density at radius 3 is 2.50 bits per heavy atom. The van der Waals surface area contributed by atoms with E-state index in [0.29, 0.717) is 32.2 Å². The summed E-state index contributed by atoms with van der Waals surface area (Å²) >= 11 is 0. The van der Waals surface area contributed by atoms with Crippen LogP contribution >= 0.6 is 0 Å². The van der Waals surface area contributed by atoms with E-state index >= 15 is 0 Å². The van der Waals surface area contributed by atoms with Crippen molar-refractivity contribution in [2.75, 3.05) is 13.2 Å². The number of ether oxygens (including phenoxy) is 1. The van der Waals surface area contributed by atoms with Gasteiger partial charge in [-0.05, 0) is 42.2 Å². The number of nitrogens with one attached hydrogen (secondary N) is 1. The van der Waals surface area contributed by atoms with E-state index in [-0.39, 0.29) is 48.9 Å². The van der Waals surface area contributed by atoms with E-state index in [1.807, 2.05) is 45.0 Å². The summed E-state index contributed by atoms with van der Waals surface area (Å²) in [6.07, 6.45) is 6.05. The first-order chi connectivity index (χ1) is 17.1. The molecular weight excluding hydrogens is 456 g/mol. The third-order valence-corrected chi connectivity index (χ3v) is 6.69. The zero-order valence-electron chi connectivity index (χ0n) is 22.0. The highest BCUT2D eigenvalue weighted by atomic mass is 16.5. The second-order valence-corrected chi connectivity index (χ2v) is 10.5. The third-order valence-electron chi connectivity index (χ3n) is 6.69. The number of nitrogens with zero attached hydrogens (tertiary/aromatic N) is 1. The van der Waals surface area contributed by atoms with Crippen LogP contribution in [-0.2, 0) is 32.1 Å². The van der Waals surface area contributed by atoms with Gasteiger partial charge in [0.05, 0.1) is 24.6 Å². The van der Waals surface area contributed by atoms with E-state index in [9.17, 15) is 19.5 Å². The minimum Gasteiger partial charge on any atom is -0.463 e. The van der Waals surface area contributed by atoms with Gasteiger partial charge in [0.15, 0.2) is 0 Å². The molecule has 1 aliphatic heterocycles. The van der Waals surface area contributed by atoms with Gasteiger partial charge in [0.2, 0.25) is 11.8 Å². The Morgan fingerprint density at radius 2 is 1.89 bits per heavy atom. The van der Waals surface area contributed by atoms with E-state index in [1.54, 1.807) is 17.1 Å². The molecule has 3 atom stereocenters. The van der Waals surface area contributed by atoms with Crippen LogP contribution in [0.5, 0.6) is 0 Å². The molecular formula is C29H42N2O5. The van der Waals surface area contributed by atoms with Crippen LogP contribution in [0, 0.1) is 11.3 Å². The van der Waals surface area contributed by atoms with Crippen LogP contribution in [0.4, 0.5) is 0 Å². The molecule has 0 bridgehead atoms. The predicted molar refractivity (Wildman–Crippen MR) is 141 cm³/mol. The number of allylic oxidation sites excluding steroid dienone is 2. The standard InChI is InChI=1S/C29H42N2O5/c1-6-8-9-15-27(34)36-20-25(29(3,4)5)30-28(35)22(12-7-2)17-26(33)31-18-23-14-11-10-13-21(23)16-24(31)19-32/h6-7,10-11,13-14,22,24-25,32H,1-2,8-9,12,15-20H2,3-5H3,(H,30,35). The number of hydrogen-bond acceptors (Lipinski definition) is 5. The number of hydrogen-bond donors (Lipinski definition) is 2. The SMILES string of the molecule is C=CCCCC(=O)OCC(NC(=O)C(CC=C)CC(=O)N1Cc2ccccc2CC1CO)C(C)(C)C. The highest BCUT2D eigenvalue weighted by Gasteiger charge is 2.34. The van der Waals surface area contributed by atoms with Crippen molar-refractivity contribution in [2.45, 2.75) is 77.9 Å². The Bertz CT molecular complexity index is 920. The van der Waals surface area contributed by atoms with Gasteiger partial charge in [-0.3, -0.25) is 14.4 Å². The van der Waals surface area contributed by atoms with E-state index in [0.717, 1.165) is 17.5 Å². The predicted octanol–water partition coefficient (Wildman–Crippen LogP) is 3.95. The zero-order chi connectivity index (χ0) is 26.7. The van der Waals surface area contributed by atoms with Crippen LogP contribution in [0.25, 0.3) is 0 Å². The van der Waals surface area contributed by atoms with Gasteiger partial charge < -0.3 is 20.1 Å². The van der Waals surface area contributed by atoms with Crippen molar-refractivity contribution in [3.05, 3.63) is 60.7 Å². The molecule has 2 rings (SSSR count). The first-order valence-electron chi connectivity index (χ1n) is 12.8. The third kappa shape index (κ3) is 8.63. The normalized spacial score (nSPS) is 16.9. The van der Waals surface area contributed by atoms with Crippen LogP contribution in [-0.4, -0.2) is 53.1 Å². The van der Waals surface area contributed by atoms with E-state index < -0.39 is 12.0 Å². The highest BCUT2D eigenvalue weighted by Crippen LogP contribution is 2.26. The molecule has 2 N–H and O–H groups in total. The monoisotopic (exact) mass is 498 g/mol. The summed E-state index contributed by atoms with van der Waals surface area (Å²) < 4.78 is 5.44. The Hall–Kier alpha value is -2.93. The minimum atomic E-state index is -0.611. The number of aliphatic hydroxyl groups excluding tert-OH is 1. The van der Waals surface area contributed by atoms with Crippen LogP contribution in [0.2, 0.25) is 0 Å². The Morgan fingerprint density at radius 1 is 1.19 bits per heavy atom. The van der Waals surface area contributed by atoms with Gasteiger partial charge >= 0.3 is 5.97 Å². The summed E-state index contributed by atoms with van der Waals surface area (Å²) in [5.74, 6) is -1.37. The number of amides is 2. The number of esters is 1. The van der Waals surface area contributed by atoms with Gasteiger partial charge in [-0.1, -0.05) is 57.2 Å². The van der Waals surface area contributed by atoms with Gasteiger partial charge in [-0.25, -0.2) is 0 Å². The summed E-state index contributed by atoms with van der Waals surface area (Å²) in [6, 6.07) is 7.18. The van der Waals surface area contributed by atoms with Gasteiger partial charge in [0.1, 0.15) is 6.61 Å². The summed E-state index contributed by atoms with van der Waals surface area (Å²) in [5, 5.41) is 12.9. The molecule has 0 aliphatic carbocycles. The van der Waals surface area contributed by atoms with Gasteiger partial charge in [0, 0.05) is 19.4 Å². The second kappa shape index (κ2) is 14.0. The van der Waals surface area contributed by atoms with Crippen LogP contribution < -0.4 is 5.32 Å². The molecule has 1 aliphatic rings. The summed E-state index contributed by atoms with van der Waals surface area (Å²) in [5.41, 5.74) is 1.83. The zero-order valence-corrected chi connectivity index (χ0v) is 22.0. The van der Waals surface area contributed by atoms with Crippen molar-refractivity contribution < 1.29 is 24.2 Å². The number of carbonyl (C=O) groups is 3. The number of aliphatic hydroxyl groups is 1. The van der Waals surface area contributed by atoms with E-state index in [4.69, 9.17) is 4.74 Å². The molecule has 7 nitrogen and oxygen atoms in total. The number of rotatable bonds is 13. The van der Waals surface area contributed by atoms with Gasteiger partial charge in [0.25, 0.3) is 0 Å². The highest BCUT2D eigenvalue weighted by molar-refractivity contribution is 5.86. The van der Waals surface area contributed by atoms with Crippen molar-refractivity contribution in [3.63, 3.8) is 0 Å². The Kier molecular flexibility index (Phi) is 11.4. The lowest BCUT2D eigenvalue weighted by Gasteiger charge is -2.37. The fourth-order valence-electron chi connectivity index (χ4n) is 4.29. The largest absolute Gasteiger partial charge is 0.463 e. The fourth-order valence-corrected chi connectivity index (χ4v) is 4.29. The summed E-state index contributed by atoms with van der Waals surface area (Å²) in [4.78, 5) is 40.4. The van der Waals surface area contributed by atoms with Crippen LogP contribution in [0.1, 0.15) is 64.0 Å². The molecule has 0 aromatic heterocycles. The molecule has 0 spiro atoms. The molecule has 0 fully saturated rings. The molecule has 1 aromatic rings. The lowest BCUT2D eigenvalue weighted by atomic mass is 9.86. The maximum atomic E-state index is 13.3. The van der Waals surface area contributed by atoms with E-state index in [2.05, 4.69) is 18.5 Å². The van der Waals surface area contributed by atoms with Crippen molar-refractivity contribution in [2.24, 2.45) is 11.3 Å². The number of carbonyl (C=O) groups excluding carboxylic acids is 3. The van der Waals surface area contributed by atoms with Crippen molar-refractivity contribution in [1.29, 1.82) is 0 Å². The molecule has 1 heterocycles. The summed E-state index contributed by atoms with van der Waals surface area (Å²) in [6.45, 7) is 13.7. The lowest BCUT2D eigenvalue weighted by molar-refractivity contribution is -0.146. The number of benzene rings is 1. The first kappa shape index (κ1) is 29.3. The molecule has 3 unspecified atom stereocenters. The molecule has 0 radical (unpaired) electrons. The second-order valence-electron chi connectivity index (χ2n) is 10.5. The fraction of sp³-hybridized carbons (Fsp3) is 0.552. The first-order valence-corrected chi connectivity index (χ1v) is 12.8. The average molecular weight is 499 g/mol. The van der Waals surface area contributed by atoms with Crippen molar-refractivity contribution in [1.82, 2.24) is 10.2 Å². The quantitative estimate of drug-likeness (QED) is 0.244. The minimum absolute atomic E-state index is 0.00865. The smallest absolute Gasteiger partial charge is 0.305 e. The summed E-state index contributed by atoms with van der Waals surface area (Å²) in [7, 11) is 0. The molecule has 1 aromatic carbocycles. The topological polar surface area (TPSA) is 95.9 Å². The molecule has 2 amide bonds. The molecule has 198 valence electrons. The average Bonchev–Trinajstić information content (AvgIpc) is 2.84. The Labute approximate surface area is 215 Å². The van der Waals surface area contributed by atoms with Crippen molar-refractivity contribution >= 4 is 17.8 Å². The van der Waals surface area contributed by atoms with Crippen LogP contribution in [0.3, 0.4) is 0 Å². The van der Waals surface area contributed by atoms with E-state index in [1.165, 1.54) is 0 Å². The molecule has 36 heavy (non-hydrogen) atoms.